The highest BCUT2D eigenvalue weighted by Gasteiger charge is 2.50. The van der Waals surface area contributed by atoms with E-state index in [2.05, 4.69) is 5.32 Å². The number of carbonyl (C=O) groups excluding carboxylic acids is 3. The smallest absolute Gasteiger partial charge is 0.325 e. The molecule has 3 amide bonds. The first-order valence-electron chi connectivity index (χ1n) is 10.2. The van der Waals surface area contributed by atoms with Crippen LogP contribution in [0.25, 0.3) is 11.0 Å². The number of benzene rings is 2. The normalized spacial score (nSPS) is 20.7. The lowest BCUT2D eigenvalue weighted by molar-refractivity contribution is -0.130. The SMILES string of the molecule is Cc1c(C(=O)CN2C(=O)N[C@@](C)(c3ccc4c(c3)CCC4)C2=O)oc2ccccc12. The number of furan rings is 1. The molecule has 0 unspecified atom stereocenters. The van der Waals surface area contributed by atoms with E-state index in [0.717, 1.165) is 35.1 Å². The third-order valence-electron chi connectivity index (χ3n) is 6.35. The molecule has 2 heterocycles. The van der Waals surface area contributed by atoms with E-state index >= 15 is 0 Å². The molecule has 1 saturated heterocycles. The molecule has 30 heavy (non-hydrogen) atoms. The van der Waals surface area contributed by atoms with Crippen LogP contribution in [0.1, 0.15) is 46.2 Å². The summed E-state index contributed by atoms with van der Waals surface area (Å²) in [4.78, 5) is 39.8. The molecule has 1 atom stereocenters. The van der Waals surface area contributed by atoms with Crippen LogP contribution in [-0.4, -0.2) is 29.2 Å². The predicted octanol–water partition coefficient (Wildman–Crippen LogP) is 3.88. The summed E-state index contributed by atoms with van der Waals surface area (Å²) in [6.07, 6.45) is 3.13. The molecular weight excluding hydrogens is 380 g/mol. The summed E-state index contributed by atoms with van der Waals surface area (Å²) < 4.78 is 5.71. The highest BCUT2D eigenvalue weighted by atomic mass is 16.3. The average molecular weight is 402 g/mol. The summed E-state index contributed by atoms with van der Waals surface area (Å²) >= 11 is 0. The second-order valence-corrected chi connectivity index (χ2v) is 8.26. The van der Waals surface area contributed by atoms with Gasteiger partial charge in [0.1, 0.15) is 11.1 Å². The second kappa shape index (κ2) is 6.55. The number of carbonyl (C=O) groups is 3. The van der Waals surface area contributed by atoms with Crippen LogP contribution in [0.3, 0.4) is 0 Å². The van der Waals surface area contributed by atoms with E-state index in [1.165, 1.54) is 11.1 Å². The fourth-order valence-corrected chi connectivity index (χ4v) is 4.57. The Bertz CT molecular complexity index is 1230. The fraction of sp³-hybridized carbons (Fsp3) is 0.292. The highest BCUT2D eigenvalue weighted by molar-refractivity contribution is 6.11. The molecule has 5 rings (SSSR count). The highest BCUT2D eigenvalue weighted by Crippen LogP contribution is 2.33. The Hall–Kier alpha value is -3.41. The predicted molar refractivity (Wildman–Crippen MR) is 111 cm³/mol. The number of amides is 3. The molecule has 152 valence electrons. The number of aryl methyl sites for hydroxylation is 3. The van der Waals surface area contributed by atoms with E-state index in [1.54, 1.807) is 19.9 Å². The number of imide groups is 1. The lowest BCUT2D eigenvalue weighted by Gasteiger charge is -2.23. The van der Waals surface area contributed by atoms with Gasteiger partial charge in [0, 0.05) is 10.9 Å². The number of hydrogen-bond donors (Lipinski definition) is 1. The van der Waals surface area contributed by atoms with Crippen LogP contribution in [0, 0.1) is 6.92 Å². The maximum Gasteiger partial charge on any atom is 0.325 e. The van der Waals surface area contributed by atoms with Gasteiger partial charge in [-0.05, 0) is 55.9 Å². The molecule has 0 spiro atoms. The number of hydrogen-bond acceptors (Lipinski definition) is 4. The molecule has 6 nitrogen and oxygen atoms in total. The molecule has 1 aromatic heterocycles. The zero-order valence-electron chi connectivity index (χ0n) is 17.0. The van der Waals surface area contributed by atoms with Gasteiger partial charge in [0.2, 0.25) is 5.78 Å². The van der Waals surface area contributed by atoms with Crippen LogP contribution < -0.4 is 5.32 Å². The topological polar surface area (TPSA) is 79.6 Å². The molecule has 0 radical (unpaired) electrons. The van der Waals surface area contributed by atoms with Crippen LogP contribution in [0.2, 0.25) is 0 Å². The van der Waals surface area contributed by atoms with Crippen LogP contribution >= 0.6 is 0 Å². The van der Waals surface area contributed by atoms with E-state index < -0.39 is 23.3 Å². The van der Waals surface area contributed by atoms with E-state index in [0.29, 0.717) is 11.1 Å². The minimum atomic E-state index is -1.18. The number of ketones is 1. The Morgan fingerprint density at radius 2 is 1.90 bits per heavy atom. The number of rotatable bonds is 4. The van der Waals surface area contributed by atoms with Gasteiger partial charge >= 0.3 is 6.03 Å². The lowest BCUT2D eigenvalue weighted by atomic mass is 9.89. The Morgan fingerprint density at radius 1 is 1.13 bits per heavy atom. The maximum absolute atomic E-state index is 13.2. The molecule has 2 aliphatic rings. The molecular formula is C24H22N2O4. The van der Waals surface area contributed by atoms with Gasteiger partial charge in [0.05, 0.1) is 6.54 Å². The summed E-state index contributed by atoms with van der Waals surface area (Å²) in [6.45, 7) is 3.15. The maximum atomic E-state index is 13.2. The monoisotopic (exact) mass is 402 g/mol. The van der Waals surface area contributed by atoms with Gasteiger partial charge in [-0.1, -0.05) is 36.4 Å². The Balaban J connectivity index is 1.43. The van der Waals surface area contributed by atoms with Crippen LogP contribution in [0.4, 0.5) is 4.79 Å². The van der Waals surface area contributed by atoms with Gasteiger partial charge < -0.3 is 9.73 Å². The summed E-state index contributed by atoms with van der Waals surface area (Å²) in [5.74, 6) is -0.638. The minimum absolute atomic E-state index is 0.183. The van der Waals surface area contributed by atoms with Crippen molar-refractivity contribution in [3.05, 3.63) is 70.5 Å². The molecule has 2 aromatic carbocycles. The van der Waals surface area contributed by atoms with E-state index in [1.807, 2.05) is 36.4 Å². The van der Waals surface area contributed by atoms with Crippen molar-refractivity contribution in [2.75, 3.05) is 6.54 Å². The van der Waals surface area contributed by atoms with Crippen LogP contribution in [0.15, 0.2) is 46.9 Å². The molecule has 0 bridgehead atoms. The van der Waals surface area contributed by atoms with Crippen molar-refractivity contribution >= 4 is 28.7 Å². The van der Waals surface area contributed by atoms with Crippen molar-refractivity contribution in [3.8, 4) is 0 Å². The molecule has 1 aliphatic carbocycles. The Labute approximate surface area is 173 Å². The summed E-state index contributed by atoms with van der Waals surface area (Å²) in [5.41, 5.74) is 3.41. The number of urea groups is 1. The summed E-state index contributed by atoms with van der Waals surface area (Å²) in [6, 6.07) is 12.8. The molecule has 0 saturated carbocycles. The Morgan fingerprint density at radius 3 is 2.70 bits per heavy atom. The van der Waals surface area contributed by atoms with Gasteiger partial charge in [-0.25, -0.2) is 4.79 Å². The van der Waals surface area contributed by atoms with Gasteiger partial charge in [0.25, 0.3) is 5.91 Å². The third-order valence-corrected chi connectivity index (χ3v) is 6.35. The largest absolute Gasteiger partial charge is 0.453 e. The minimum Gasteiger partial charge on any atom is -0.453 e. The van der Waals surface area contributed by atoms with Crippen molar-refractivity contribution in [1.29, 1.82) is 0 Å². The number of para-hydroxylation sites is 1. The number of nitrogens with one attached hydrogen (secondary N) is 1. The first kappa shape index (κ1) is 18.6. The summed E-state index contributed by atoms with van der Waals surface area (Å²) in [7, 11) is 0. The summed E-state index contributed by atoms with van der Waals surface area (Å²) in [5, 5.41) is 3.64. The van der Waals surface area contributed by atoms with Gasteiger partial charge in [0.15, 0.2) is 5.76 Å². The second-order valence-electron chi connectivity index (χ2n) is 8.26. The number of Topliss-reactive ketones (excluding diaryl/α,β-unsaturated/α-hetero) is 1. The lowest BCUT2D eigenvalue weighted by Crippen LogP contribution is -2.41. The molecule has 1 aliphatic heterocycles. The first-order valence-corrected chi connectivity index (χ1v) is 10.2. The fourth-order valence-electron chi connectivity index (χ4n) is 4.57. The zero-order chi connectivity index (χ0) is 21.0. The average Bonchev–Trinajstić information content (AvgIpc) is 3.40. The molecule has 3 aromatic rings. The standard InChI is InChI=1S/C24H22N2O4/c1-14-18-8-3-4-9-20(18)30-21(14)19(27)13-26-22(28)24(2,25-23(26)29)17-11-10-15-6-5-7-16(15)12-17/h3-4,8-12H,5-7,13H2,1-2H3,(H,25,29)/t24-/m0/s1. The molecule has 6 heteroatoms. The van der Waals surface area contributed by atoms with Crippen LogP contribution in [0.5, 0.6) is 0 Å². The molecule has 1 N–H and O–H groups in total. The zero-order valence-corrected chi connectivity index (χ0v) is 17.0. The van der Waals surface area contributed by atoms with Crippen molar-refractivity contribution < 1.29 is 18.8 Å². The Kier molecular flexibility index (Phi) is 4.07. The van der Waals surface area contributed by atoms with Crippen LogP contribution in [-0.2, 0) is 23.2 Å². The number of fused-ring (bicyclic) bond motifs is 2. The third kappa shape index (κ3) is 2.67. The van der Waals surface area contributed by atoms with Crippen molar-refractivity contribution in [3.63, 3.8) is 0 Å². The quantitative estimate of drug-likeness (QED) is 0.531. The van der Waals surface area contributed by atoms with E-state index in [4.69, 9.17) is 4.42 Å². The van der Waals surface area contributed by atoms with Gasteiger partial charge in [-0.3, -0.25) is 14.5 Å². The van der Waals surface area contributed by atoms with Gasteiger partial charge in [-0.15, -0.1) is 0 Å². The first-order chi connectivity index (χ1) is 14.4. The van der Waals surface area contributed by atoms with Crippen molar-refractivity contribution in [2.24, 2.45) is 0 Å². The van der Waals surface area contributed by atoms with Crippen molar-refractivity contribution in [1.82, 2.24) is 10.2 Å². The molecule has 1 fully saturated rings. The van der Waals surface area contributed by atoms with Crippen molar-refractivity contribution in [2.45, 2.75) is 38.6 Å². The van der Waals surface area contributed by atoms with E-state index in [9.17, 15) is 14.4 Å². The van der Waals surface area contributed by atoms with E-state index in [-0.39, 0.29) is 12.3 Å². The number of nitrogens with zero attached hydrogens (tertiary/aromatic N) is 1. The van der Waals surface area contributed by atoms with Gasteiger partial charge in [-0.2, -0.15) is 0 Å².